The maximum absolute atomic E-state index is 12.0. The summed E-state index contributed by atoms with van der Waals surface area (Å²) in [4.78, 5) is 25.7. The largest absolute Gasteiger partial charge is 0.326 e. The van der Waals surface area contributed by atoms with E-state index in [9.17, 15) is 9.59 Å². The monoisotopic (exact) mass is 315 g/mol. The Morgan fingerprint density at radius 1 is 1.05 bits per heavy atom. The molecular formula is C18H21NO2S. The molecule has 1 amide bonds. The van der Waals surface area contributed by atoms with Crippen molar-refractivity contribution in [1.82, 2.24) is 0 Å². The molecule has 1 aromatic carbocycles. The van der Waals surface area contributed by atoms with Crippen molar-refractivity contribution in [3.05, 3.63) is 51.7 Å². The van der Waals surface area contributed by atoms with Crippen LogP contribution in [0.5, 0.6) is 0 Å². The van der Waals surface area contributed by atoms with Crippen LogP contribution >= 0.6 is 11.3 Å². The molecule has 116 valence electrons. The molecule has 1 aromatic heterocycles. The molecule has 0 aliphatic rings. The minimum atomic E-state index is -0.126. The highest BCUT2D eigenvalue weighted by atomic mass is 32.1. The predicted molar refractivity (Wildman–Crippen MR) is 91.8 cm³/mol. The highest BCUT2D eigenvalue weighted by Crippen LogP contribution is 2.19. The summed E-state index contributed by atoms with van der Waals surface area (Å²) in [7, 11) is 0. The van der Waals surface area contributed by atoms with Gasteiger partial charge in [0.1, 0.15) is 0 Å². The lowest BCUT2D eigenvalue weighted by Gasteiger charge is -2.08. The van der Waals surface area contributed by atoms with Gasteiger partial charge in [-0.05, 0) is 42.7 Å². The molecule has 0 bridgehead atoms. The number of rotatable bonds is 6. The van der Waals surface area contributed by atoms with Crippen LogP contribution in [0, 0.1) is 6.92 Å². The molecule has 0 radical (unpaired) electrons. The van der Waals surface area contributed by atoms with E-state index in [1.54, 1.807) is 0 Å². The van der Waals surface area contributed by atoms with E-state index >= 15 is 0 Å². The average Bonchev–Trinajstić information content (AvgIpc) is 2.92. The summed E-state index contributed by atoms with van der Waals surface area (Å²) in [5, 5.41) is 2.83. The number of carbonyl (C=O) groups excluding carboxylic acids is 2. The number of thiophene rings is 1. The van der Waals surface area contributed by atoms with Crippen molar-refractivity contribution in [1.29, 1.82) is 0 Å². The SMILES string of the molecule is Cc1ccc(C(=O)CCC(=O)Nc2ccc(C(C)C)cc2)s1. The fourth-order valence-electron chi connectivity index (χ4n) is 2.11. The Labute approximate surface area is 135 Å². The molecule has 0 aliphatic heterocycles. The Bertz CT molecular complexity index is 656. The Morgan fingerprint density at radius 3 is 2.27 bits per heavy atom. The number of Topliss-reactive ketones (excluding diaryl/α,β-unsaturated/α-hetero) is 1. The van der Waals surface area contributed by atoms with Gasteiger partial charge in [0, 0.05) is 23.4 Å². The molecule has 0 saturated heterocycles. The molecule has 0 aliphatic carbocycles. The van der Waals surface area contributed by atoms with E-state index in [0.717, 1.165) is 15.4 Å². The van der Waals surface area contributed by atoms with Crippen LogP contribution in [0.3, 0.4) is 0 Å². The van der Waals surface area contributed by atoms with Gasteiger partial charge >= 0.3 is 0 Å². The van der Waals surface area contributed by atoms with E-state index in [-0.39, 0.29) is 24.5 Å². The summed E-state index contributed by atoms with van der Waals surface area (Å²) in [6.07, 6.45) is 0.456. The molecule has 1 N–H and O–H groups in total. The minimum Gasteiger partial charge on any atom is -0.326 e. The van der Waals surface area contributed by atoms with Crippen molar-refractivity contribution in [2.24, 2.45) is 0 Å². The molecule has 0 fully saturated rings. The summed E-state index contributed by atoms with van der Waals surface area (Å²) in [5.74, 6) is 0.374. The molecule has 3 nitrogen and oxygen atoms in total. The Kier molecular flexibility index (Phi) is 5.50. The first-order chi connectivity index (χ1) is 10.5. The molecule has 1 heterocycles. The molecule has 2 rings (SSSR count). The number of amides is 1. The summed E-state index contributed by atoms with van der Waals surface area (Å²) >= 11 is 1.47. The van der Waals surface area contributed by atoms with Crippen LogP contribution in [0.4, 0.5) is 5.69 Å². The van der Waals surface area contributed by atoms with Crippen molar-refractivity contribution in [3.63, 3.8) is 0 Å². The fraction of sp³-hybridized carbons (Fsp3) is 0.333. The van der Waals surface area contributed by atoms with Gasteiger partial charge in [0.25, 0.3) is 0 Å². The summed E-state index contributed by atoms with van der Waals surface area (Å²) < 4.78 is 0. The molecule has 0 atom stereocenters. The summed E-state index contributed by atoms with van der Waals surface area (Å²) in [6, 6.07) is 11.6. The van der Waals surface area contributed by atoms with Gasteiger partial charge in [-0.25, -0.2) is 0 Å². The van der Waals surface area contributed by atoms with Crippen LogP contribution in [0.15, 0.2) is 36.4 Å². The van der Waals surface area contributed by atoms with Crippen LogP contribution < -0.4 is 5.32 Å². The molecule has 0 spiro atoms. The Balaban J connectivity index is 1.84. The molecule has 4 heteroatoms. The zero-order valence-electron chi connectivity index (χ0n) is 13.2. The minimum absolute atomic E-state index is 0.0309. The van der Waals surface area contributed by atoms with Gasteiger partial charge in [0.05, 0.1) is 4.88 Å². The second-order valence-electron chi connectivity index (χ2n) is 5.66. The van der Waals surface area contributed by atoms with E-state index in [1.165, 1.54) is 16.9 Å². The first-order valence-corrected chi connectivity index (χ1v) is 8.27. The second kappa shape index (κ2) is 7.36. The lowest BCUT2D eigenvalue weighted by molar-refractivity contribution is -0.116. The van der Waals surface area contributed by atoms with Crippen molar-refractivity contribution in [2.75, 3.05) is 5.32 Å². The quantitative estimate of drug-likeness (QED) is 0.780. The number of aryl methyl sites for hydroxylation is 1. The van der Waals surface area contributed by atoms with Gasteiger partial charge in [0.2, 0.25) is 5.91 Å². The second-order valence-corrected chi connectivity index (χ2v) is 6.95. The molecule has 22 heavy (non-hydrogen) atoms. The number of benzene rings is 1. The van der Waals surface area contributed by atoms with Gasteiger partial charge in [-0.3, -0.25) is 9.59 Å². The maximum atomic E-state index is 12.0. The average molecular weight is 315 g/mol. The lowest BCUT2D eigenvalue weighted by Crippen LogP contribution is -2.13. The highest BCUT2D eigenvalue weighted by Gasteiger charge is 2.11. The van der Waals surface area contributed by atoms with E-state index in [2.05, 4.69) is 19.2 Å². The number of nitrogens with one attached hydrogen (secondary N) is 1. The zero-order valence-corrected chi connectivity index (χ0v) is 14.0. The topological polar surface area (TPSA) is 46.2 Å². The summed E-state index contributed by atoms with van der Waals surface area (Å²) in [5.41, 5.74) is 2.01. The first kappa shape index (κ1) is 16.4. The van der Waals surface area contributed by atoms with Gasteiger partial charge in [0.15, 0.2) is 5.78 Å². The van der Waals surface area contributed by atoms with Crippen LogP contribution in [0.1, 0.15) is 52.7 Å². The third-order valence-corrected chi connectivity index (χ3v) is 4.50. The van der Waals surface area contributed by atoms with E-state index in [1.807, 2.05) is 43.3 Å². The predicted octanol–water partition coefficient (Wildman–Crippen LogP) is 4.78. The van der Waals surface area contributed by atoms with Gasteiger partial charge in [-0.1, -0.05) is 26.0 Å². The number of ketones is 1. The third kappa shape index (κ3) is 4.53. The Morgan fingerprint density at radius 2 is 1.73 bits per heavy atom. The summed E-state index contributed by atoms with van der Waals surface area (Å²) in [6.45, 7) is 6.23. The normalized spacial score (nSPS) is 10.7. The van der Waals surface area contributed by atoms with Crippen LogP contribution in [-0.4, -0.2) is 11.7 Å². The van der Waals surface area contributed by atoms with Crippen molar-refractivity contribution in [3.8, 4) is 0 Å². The van der Waals surface area contributed by atoms with Crippen molar-refractivity contribution >= 4 is 28.7 Å². The van der Waals surface area contributed by atoms with Gasteiger partial charge in [-0.15, -0.1) is 11.3 Å². The van der Waals surface area contributed by atoms with Crippen LogP contribution in [0.25, 0.3) is 0 Å². The molecular weight excluding hydrogens is 294 g/mol. The molecule has 0 saturated carbocycles. The van der Waals surface area contributed by atoms with Crippen LogP contribution in [0.2, 0.25) is 0 Å². The van der Waals surface area contributed by atoms with E-state index in [0.29, 0.717) is 5.92 Å². The van der Waals surface area contributed by atoms with E-state index in [4.69, 9.17) is 0 Å². The number of hydrogen-bond acceptors (Lipinski definition) is 3. The Hall–Kier alpha value is -1.94. The standard InChI is InChI=1S/C18H21NO2S/c1-12(2)14-5-7-15(8-6-14)19-18(21)11-9-16(20)17-10-4-13(3)22-17/h4-8,10,12H,9,11H2,1-3H3,(H,19,21). The van der Waals surface area contributed by atoms with Gasteiger partial charge < -0.3 is 5.32 Å². The number of carbonyl (C=O) groups is 2. The number of hydrogen-bond donors (Lipinski definition) is 1. The lowest BCUT2D eigenvalue weighted by atomic mass is 10.0. The van der Waals surface area contributed by atoms with Crippen LogP contribution in [-0.2, 0) is 4.79 Å². The first-order valence-electron chi connectivity index (χ1n) is 7.45. The zero-order chi connectivity index (χ0) is 16.1. The number of anilines is 1. The third-order valence-electron chi connectivity index (χ3n) is 3.46. The van der Waals surface area contributed by atoms with Crippen molar-refractivity contribution in [2.45, 2.75) is 39.5 Å². The maximum Gasteiger partial charge on any atom is 0.224 e. The van der Waals surface area contributed by atoms with Gasteiger partial charge in [-0.2, -0.15) is 0 Å². The molecule has 0 unspecified atom stereocenters. The van der Waals surface area contributed by atoms with Crippen molar-refractivity contribution < 1.29 is 9.59 Å². The smallest absolute Gasteiger partial charge is 0.224 e. The van der Waals surface area contributed by atoms with E-state index < -0.39 is 0 Å². The molecule has 2 aromatic rings. The fourth-order valence-corrected chi connectivity index (χ4v) is 2.94. The highest BCUT2D eigenvalue weighted by molar-refractivity contribution is 7.14.